The van der Waals surface area contributed by atoms with Gasteiger partial charge in [-0.2, -0.15) is 0 Å². The van der Waals surface area contributed by atoms with Crippen LogP contribution in [0.2, 0.25) is 0 Å². The minimum atomic E-state index is -0.922. The lowest BCUT2D eigenvalue weighted by molar-refractivity contribution is -0.141. The van der Waals surface area contributed by atoms with Gasteiger partial charge in [0, 0.05) is 25.9 Å². The molecule has 1 rings (SSSR count). The molecule has 6 nitrogen and oxygen atoms in total. The van der Waals surface area contributed by atoms with Crippen LogP contribution in [0.25, 0.3) is 0 Å². The predicted molar refractivity (Wildman–Crippen MR) is 71.8 cm³/mol. The smallest absolute Gasteiger partial charge is 0.327 e. The summed E-state index contributed by atoms with van der Waals surface area (Å²) in [5.74, 6) is -0.451. The van der Waals surface area contributed by atoms with Crippen molar-refractivity contribution in [3.63, 3.8) is 0 Å². The summed E-state index contributed by atoms with van der Waals surface area (Å²) >= 11 is 1.54. The van der Waals surface area contributed by atoms with E-state index < -0.39 is 12.0 Å². The molecular formula is C11H21N3O3S. The summed E-state index contributed by atoms with van der Waals surface area (Å²) in [7, 11) is 3.52. The molecule has 1 fully saturated rings. The van der Waals surface area contributed by atoms with E-state index in [9.17, 15) is 9.59 Å². The summed E-state index contributed by atoms with van der Waals surface area (Å²) in [5, 5.41) is 12.1. The average molecular weight is 275 g/mol. The van der Waals surface area contributed by atoms with Gasteiger partial charge in [0.15, 0.2) is 0 Å². The van der Waals surface area contributed by atoms with Gasteiger partial charge in [0.2, 0.25) is 0 Å². The topological polar surface area (TPSA) is 72.9 Å². The fourth-order valence-corrected chi connectivity index (χ4v) is 3.24. The number of carbonyl (C=O) groups excluding carboxylic acids is 1. The molecule has 0 aliphatic carbocycles. The third-order valence-corrected chi connectivity index (χ3v) is 4.42. The van der Waals surface area contributed by atoms with E-state index in [-0.39, 0.29) is 11.4 Å². The van der Waals surface area contributed by atoms with Gasteiger partial charge >= 0.3 is 12.0 Å². The second kappa shape index (κ2) is 6.84. The van der Waals surface area contributed by atoms with Gasteiger partial charge < -0.3 is 15.3 Å². The molecule has 0 saturated carbocycles. The van der Waals surface area contributed by atoms with E-state index >= 15 is 0 Å². The largest absolute Gasteiger partial charge is 0.480 e. The Balaban J connectivity index is 2.74. The molecule has 0 aromatic carbocycles. The number of hydrogen-bond donors (Lipinski definition) is 2. The zero-order valence-corrected chi connectivity index (χ0v) is 11.9. The molecule has 104 valence electrons. The van der Waals surface area contributed by atoms with Crippen LogP contribution in [0.5, 0.6) is 0 Å². The highest BCUT2D eigenvalue weighted by atomic mass is 32.2. The van der Waals surface area contributed by atoms with Crippen molar-refractivity contribution in [3.05, 3.63) is 0 Å². The van der Waals surface area contributed by atoms with E-state index in [1.165, 1.54) is 16.7 Å². The molecule has 2 atom stereocenters. The third kappa shape index (κ3) is 3.29. The highest BCUT2D eigenvalue weighted by Crippen LogP contribution is 2.32. The minimum Gasteiger partial charge on any atom is -0.480 e. The first kappa shape index (κ1) is 15.1. The molecule has 2 N–H and O–H groups in total. The van der Waals surface area contributed by atoms with Crippen molar-refractivity contribution in [2.24, 2.45) is 0 Å². The Morgan fingerprint density at radius 3 is 2.72 bits per heavy atom. The number of thioether (sulfide) groups is 1. The van der Waals surface area contributed by atoms with Crippen molar-refractivity contribution >= 4 is 23.8 Å². The molecule has 1 heterocycles. The molecule has 1 saturated heterocycles. The second-order valence-electron chi connectivity index (χ2n) is 4.27. The van der Waals surface area contributed by atoms with Gasteiger partial charge in [0.05, 0.1) is 5.37 Å². The number of likely N-dealkylation sites (N-methyl/N-ethyl adjacent to an activating group) is 2. The highest BCUT2D eigenvalue weighted by molar-refractivity contribution is 8.00. The van der Waals surface area contributed by atoms with Gasteiger partial charge in [-0.1, -0.05) is 6.92 Å². The van der Waals surface area contributed by atoms with Crippen molar-refractivity contribution in [3.8, 4) is 0 Å². The lowest BCUT2D eigenvalue weighted by Gasteiger charge is -2.31. The summed E-state index contributed by atoms with van der Waals surface area (Å²) < 4.78 is 0. The van der Waals surface area contributed by atoms with E-state index in [0.29, 0.717) is 18.8 Å². The van der Waals surface area contributed by atoms with E-state index in [2.05, 4.69) is 5.32 Å². The van der Waals surface area contributed by atoms with E-state index in [1.54, 1.807) is 11.9 Å². The van der Waals surface area contributed by atoms with Crippen LogP contribution in [0.3, 0.4) is 0 Å². The van der Waals surface area contributed by atoms with Gasteiger partial charge in [0.25, 0.3) is 0 Å². The Hall–Kier alpha value is -0.950. The fraction of sp³-hybridized carbons (Fsp3) is 0.818. The molecule has 0 aromatic heterocycles. The van der Waals surface area contributed by atoms with Crippen LogP contribution in [0, 0.1) is 0 Å². The highest BCUT2D eigenvalue weighted by Gasteiger charge is 2.41. The summed E-state index contributed by atoms with van der Waals surface area (Å²) in [5.41, 5.74) is 0. The van der Waals surface area contributed by atoms with Gasteiger partial charge in [0.1, 0.15) is 6.04 Å². The fourth-order valence-electron chi connectivity index (χ4n) is 1.90. The van der Waals surface area contributed by atoms with E-state index in [0.717, 1.165) is 6.42 Å². The van der Waals surface area contributed by atoms with Crippen molar-refractivity contribution in [1.82, 2.24) is 15.1 Å². The summed E-state index contributed by atoms with van der Waals surface area (Å²) in [6.45, 7) is 3.23. The van der Waals surface area contributed by atoms with Crippen LogP contribution >= 0.6 is 11.8 Å². The average Bonchev–Trinajstić information content (AvgIpc) is 2.78. The number of carboxylic acids is 1. The number of nitrogens with zero attached hydrogens (tertiary/aromatic N) is 2. The van der Waals surface area contributed by atoms with Crippen molar-refractivity contribution in [2.45, 2.75) is 24.8 Å². The molecule has 0 aromatic rings. The Morgan fingerprint density at radius 1 is 1.56 bits per heavy atom. The number of hydrogen-bond acceptors (Lipinski definition) is 4. The third-order valence-electron chi connectivity index (χ3n) is 2.97. The van der Waals surface area contributed by atoms with Gasteiger partial charge in [-0.25, -0.2) is 9.59 Å². The molecule has 7 heteroatoms. The lowest BCUT2D eigenvalue weighted by Crippen LogP contribution is -2.51. The van der Waals surface area contributed by atoms with Crippen LogP contribution < -0.4 is 5.32 Å². The van der Waals surface area contributed by atoms with Crippen molar-refractivity contribution < 1.29 is 14.7 Å². The second-order valence-corrected chi connectivity index (χ2v) is 5.48. The maximum atomic E-state index is 12.3. The monoisotopic (exact) mass is 275 g/mol. The van der Waals surface area contributed by atoms with Crippen molar-refractivity contribution in [2.75, 3.05) is 32.9 Å². The Morgan fingerprint density at radius 2 is 2.22 bits per heavy atom. The molecular weight excluding hydrogens is 254 g/mol. The molecule has 2 amide bonds. The lowest BCUT2D eigenvalue weighted by atomic mass is 10.2. The van der Waals surface area contributed by atoms with Crippen LogP contribution in [0.15, 0.2) is 0 Å². The number of amides is 2. The van der Waals surface area contributed by atoms with Gasteiger partial charge in [-0.15, -0.1) is 11.8 Å². The van der Waals surface area contributed by atoms with Crippen LogP contribution in [-0.4, -0.2) is 71.3 Å². The Kier molecular flexibility index (Phi) is 5.74. The molecule has 2 unspecified atom stereocenters. The van der Waals surface area contributed by atoms with Gasteiger partial charge in [-0.05, 0) is 13.5 Å². The number of rotatable bonds is 5. The predicted octanol–water partition coefficient (Wildman–Crippen LogP) is 0.496. The molecule has 0 radical (unpaired) electrons. The zero-order chi connectivity index (χ0) is 13.7. The molecule has 1 aliphatic heterocycles. The number of carboxylic acid groups (broad SMARTS) is 1. The Bertz CT molecular complexity index is 314. The van der Waals surface area contributed by atoms with Crippen LogP contribution in [0.4, 0.5) is 4.79 Å². The Labute approximate surface area is 112 Å². The molecule has 1 aliphatic rings. The van der Waals surface area contributed by atoms with E-state index in [1.807, 2.05) is 14.0 Å². The van der Waals surface area contributed by atoms with E-state index in [4.69, 9.17) is 5.11 Å². The maximum Gasteiger partial charge on any atom is 0.327 e. The number of nitrogens with one attached hydrogen (secondary N) is 1. The normalized spacial score (nSPS) is 23.2. The quantitative estimate of drug-likeness (QED) is 0.764. The van der Waals surface area contributed by atoms with Crippen LogP contribution in [-0.2, 0) is 4.79 Å². The molecule has 18 heavy (non-hydrogen) atoms. The number of carbonyl (C=O) groups is 2. The summed E-state index contributed by atoms with van der Waals surface area (Å²) in [4.78, 5) is 26.5. The first-order valence-corrected chi connectivity index (χ1v) is 7.10. The first-order chi connectivity index (χ1) is 8.52. The molecule has 0 bridgehead atoms. The first-order valence-electron chi connectivity index (χ1n) is 6.05. The number of aliphatic carboxylic acids is 1. The zero-order valence-electron chi connectivity index (χ0n) is 11.0. The standard InChI is InChI=1S/C11H21N3O3S/c1-4-9-14(8(7-18-9)10(15)16)11(17)13(3)6-5-12-2/h8-9,12H,4-7H2,1-3H3,(H,15,16). The molecule has 0 spiro atoms. The van der Waals surface area contributed by atoms with Crippen molar-refractivity contribution in [1.29, 1.82) is 0 Å². The van der Waals surface area contributed by atoms with Crippen LogP contribution in [0.1, 0.15) is 13.3 Å². The summed E-state index contributed by atoms with van der Waals surface area (Å²) in [6.07, 6.45) is 0.764. The maximum absolute atomic E-state index is 12.3. The number of urea groups is 1. The summed E-state index contributed by atoms with van der Waals surface area (Å²) in [6, 6.07) is -0.904. The van der Waals surface area contributed by atoms with Gasteiger partial charge in [-0.3, -0.25) is 4.90 Å². The minimum absolute atomic E-state index is 0.0318. The SMILES string of the molecule is CCC1SCC(C(=O)O)N1C(=O)N(C)CCNC.